The fourth-order valence-electron chi connectivity index (χ4n) is 1.42. The molecule has 0 fully saturated rings. The molecule has 0 heterocycles. The minimum absolute atomic E-state index is 0.0119. The molecule has 92 valence electrons. The van der Waals surface area contributed by atoms with Gasteiger partial charge in [-0.3, -0.25) is 4.57 Å². The standard InChI is InChI=1S/C12H15O4P/c1-2-6-10(12(13)14)9-17(15,16)11-7-4-3-5-8-11/h3-5,7-9H,2,6H2,1H3,(H,13,14)(H,15,16)/b10-9+. The van der Waals surface area contributed by atoms with Crippen LogP contribution in [0.3, 0.4) is 0 Å². The van der Waals surface area contributed by atoms with Crippen molar-refractivity contribution in [3.05, 3.63) is 41.7 Å². The third-order valence-electron chi connectivity index (χ3n) is 2.25. The number of hydrogen-bond acceptors (Lipinski definition) is 2. The molecule has 0 aliphatic rings. The van der Waals surface area contributed by atoms with Gasteiger partial charge in [-0.1, -0.05) is 31.5 Å². The average molecular weight is 254 g/mol. The molecular formula is C12H15O4P. The highest BCUT2D eigenvalue weighted by Crippen LogP contribution is 2.42. The summed E-state index contributed by atoms with van der Waals surface area (Å²) in [7, 11) is -3.73. The smallest absolute Gasteiger partial charge is 0.331 e. The van der Waals surface area contributed by atoms with Gasteiger partial charge in [0.15, 0.2) is 0 Å². The molecule has 2 N–H and O–H groups in total. The first-order valence-electron chi connectivity index (χ1n) is 5.30. The summed E-state index contributed by atoms with van der Waals surface area (Å²) in [5.74, 6) is -0.161. The van der Waals surface area contributed by atoms with Crippen molar-refractivity contribution in [3.8, 4) is 0 Å². The van der Waals surface area contributed by atoms with Crippen molar-refractivity contribution in [1.29, 1.82) is 0 Å². The summed E-state index contributed by atoms with van der Waals surface area (Å²) >= 11 is 0. The third-order valence-corrected chi connectivity index (χ3v) is 3.95. The Morgan fingerprint density at radius 1 is 1.35 bits per heavy atom. The molecule has 1 aromatic rings. The van der Waals surface area contributed by atoms with Gasteiger partial charge in [0.05, 0.1) is 0 Å². The zero-order valence-electron chi connectivity index (χ0n) is 9.54. The van der Waals surface area contributed by atoms with E-state index >= 15 is 0 Å². The lowest BCUT2D eigenvalue weighted by Gasteiger charge is -2.08. The van der Waals surface area contributed by atoms with Gasteiger partial charge in [0.2, 0.25) is 0 Å². The molecule has 0 spiro atoms. The average Bonchev–Trinajstić information content (AvgIpc) is 2.29. The second-order valence-electron chi connectivity index (χ2n) is 3.67. The monoisotopic (exact) mass is 254 g/mol. The van der Waals surface area contributed by atoms with Crippen LogP contribution in [0.1, 0.15) is 19.8 Å². The lowest BCUT2D eigenvalue weighted by Crippen LogP contribution is -2.05. The van der Waals surface area contributed by atoms with Gasteiger partial charge in [-0.2, -0.15) is 0 Å². The van der Waals surface area contributed by atoms with Crippen molar-refractivity contribution in [1.82, 2.24) is 0 Å². The molecule has 0 saturated carbocycles. The molecule has 0 bridgehead atoms. The molecule has 1 atom stereocenters. The Labute approximate surface area is 100 Å². The predicted octanol–water partition coefficient (Wildman–Crippen LogP) is 2.35. The third kappa shape index (κ3) is 3.84. The van der Waals surface area contributed by atoms with E-state index in [0.717, 1.165) is 5.82 Å². The number of benzene rings is 1. The Bertz CT molecular complexity index is 465. The van der Waals surface area contributed by atoms with Gasteiger partial charge < -0.3 is 10.00 Å². The maximum Gasteiger partial charge on any atom is 0.331 e. The van der Waals surface area contributed by atoms with E-state index in [-0.39, 0.29) is 17.3 Å². The Kier molecular flexibility index (Phi) is 4.67. The van der Waals surface area contributed by atoms with Crippen LogP contribution in [0.4, 0.5) is 0 Å². The summed E-state index contributed by atoms with van der Waals surface area (Å²) in [5.41, 5.74) is -0.0119. The summed E-state index contributed by atoms with van der Waals surface area (Å²) in [5, 5.41) is 9.16. The molecule has 0 aliphatic heterocycles. The summed E-state index contributed by atoms with van der Waals surface area (Å²) in [6, 6.07) is 8.06. The first-order chi connectivity index (χ1) is 7.97. The van der Waals surface area contributed by atoms with Crippen LogP contribution in [0.25, 0.3) is 0 Å². The Morgan fingerprint density at radius 3 is 2.41 bits per heavy atom. The van der Waals surface area contributed by atoms with Crippen molar-refractivity contribution >= 4 is 18.6 Å². The fraction of sp³-hybridized carbons (Fsp3) is 0.250. The molecule has 4 nitrogen and oxygen atoms in total. The first-order valence-corrected chi connectivity index (χ1v) is 7.03. The summed E-state index contributed by atoms with van der Waals surface area (Å²) in [6.07, 6.45) is 0.902. The zero-order valence-corrected chi connectivity index (χ0v) is 10.4. The van der Waals surface area contributed by atoms with E-state index in [9.17, 15) is 14.3 Å². The van der Waals surface area contributed by atoms with Crippen LogP contribution in [-0.2, 0) is 9.36 Å². The van der Waals surface area contributed by atoms with Gasteiger partial charge in [0.25, 0.3) is 7.37 Å². The Morgan fingerprint density at radius 2 is 1.94 bits per heavy atom. The predicted molar refractivity (Wildman–Crippen MR) is 66.5 cm³/mol. The summed E-state index contributed by atoms with van der Waals surface area (Å²) in [4.78, 5) is 20.7. The zero-order chi connectivity index (χ0) is 12.9. The molecule has 0 saturated heterocycles. The van der Waals surface area contributed by atoms with E-state index in [0.29, 0.717) is 6.42 Å². The van der Waals surface area contributed by atoms with Crippen LogP contribution in [0, 0.1) is 0 Å². The summed E-state index contributed by atoms with van der Waals surface area (Å²) in [6.45, 7) is 1.82. The van der Waals surface area contributed by atoms with Crippen molar-refractivity contribution < 1.29 is 19.4 Å². The first kappa shape index (κ1) is 13.7. The minimum Gasteiger partial charge on any atom is -0.478 e. The highest BCUT2D eigenvalue weighted by atomic mass is 31.2. The van der Waals surface area contributed by atoms with Crippen molar-refractivity contribution in [3.63, 3.8) is 0 Å². The van der Waals surface area contributed by atoms with E-state index in [1.54, 1.807) is 18.2 Å². The number of carboxylic acid groups (broad SMARTS) is 1. The second kappa shape index (κ2) is 5.80. The SMILES string of the molecule is CCC/C(=C\P(=O)(O)c1ccccc1)C(=O)O. The molecule has 1 aromatic carbocycles. The van der Waals surface area contributed by atoms with Crippen LogP contribution >= 0.6 is 7.37 Å². The largest absolute Gasteiger partial charge is 0.478 e. The van der Waals surface area contributed by atoms with Crippen molar-refractivity contribution in [2.45, 2.75) is 19.8 Å². The van der Waals surface area contributed by atoms with Gasteiger partial charge in [-0.25, -0.2) is 4.79 Å². The van der Waals surface area contributed by atoms with Crippen molar-refractivity contribution in [2.75, 3.05) is 0 Å². The molecule has 17 heavy (non-hydrogen) atoms. The minimum atomic E-state index is -3.73. The molecule has 0 aliphatic carbocycles. The van der Waals surface area contributed by atoms with E-state index in [1.165, 1.54) is 12.1 Å². The maximum atomic E-state index is 12.0. The van der Waals surface area contributed by atoms with Crippen LogP contribution in [0.2, 0.25) is 0 Å². The van der Waals surface area contributed by atoms with Crippen molar-refractivity contribution in [2.24, 2.45) is 0 Å². The molecule has 5 heteroatoms. The van der Waals surface area contributed by atoms with Gasteiger partial charge in [0, 0.05) is 16.7 Å². The van der Waals surface area contributed by atoms with Crippen LogP contribution in [0.5, 0.6) is 0 Å². The Balaban J connectivity index is 3.10. The van der Waals surface area contributed by atoms with Crippen LogP contribution < -0.4 is 5.30 Å². The number of carbonyl (C=O) groups is 1. The number of carboxylic acids is 1. The maximum absolute atomic E-state index is 12.0. The van der Waals surface area contributed by atoms with E-state index in [1.807, 2.05) is 6.92 Å². The number of rotatable bonds is 5. The van der Waals surface area contributed by atoms with Crippen LogP contribution in [0.15, 0.2) is 41.7 Å². The van der Waals surface area contributed by atoms with Gasteiger partial charge in [0.1, 0.15) is 0 Å². The second-order valence-corrected chi connectivity index (χ2v) is 5.69. The lowest BCUT2D eigenvalue weighted by molar-refractivity contribution is -0.132. The highest BCUT2D eigenvalue weighted by Gasteiger charge is 2.20. The van der Waals surface area contributed by atoms with E-state index in [2.05, 4.69) is 0 Å². The Hall–Kier alpha value is -1.38. The van der Waals surface area contributed by atoms with E-state index in [4.69, 9.17) is 5.11 Å². The summed E-state index contributed by atoms with van der Waals surface area (Å²) < 4.78 is 12.0. The molecule has 0 aromatic heterocycles. The van der Waals surface area contributed by atoms with Gasteiger partial charge in [-0.05, 0) is 18.6 Å². The molecule has 0 radical (unpaired) electrons. The molecule has 1 unspecified atom stereocenters. The number of hydrogen-bond donors (Lipinski definition) is 2. The van der Waals surface area contributed by atoms with E-state index < -0.39 is 13.3 Å². The molecule has 1 rings (SSSR count). The molecule has 0 amide bonds. The fourth-order valence-corrected chi connectivity index (χ4v) is 2.83. The highest BCUT2D eigenvalue weighted by molar-refractivity contribution is 7.69. The molecular weight excluding hydrogens is 239 g/mol. The number of aliphatic carboxylic acids is 1. The lowest BCUT2D eigenvalue weighted by atomic mass is 10.2. The normalized spacial score (nSPS) is 15.3. The quantitative estimate of drug-likeness (QED) is 0.624. The van der Waals surface area contributed by atoms with Crippen LogP contribution in [-0.4, -0.2) is 16.0 Å². The topological polar surface area (TPSA) is 74.6 Å². The van der Waals surface area contributed by atoms with Gasteiger partial charge in [-0.15, -0.1) is 0 Å². The van der Waals surface area contributed by atoms with Gasteiger partial charge >= 0.3 is 5.97 Å².